The van der Waals surface area contributed by atoms with Crippen LogP contribution in [0.15, 0.2) is 59.2 Å². The molecule has 0 fully saturated rings. The van der Waals surface area contributed by atoms with Crippen molar-refractivity contribution in [3.63, 3.8) is 0 Å². The molecule has 0 aliphatic heterocycles. The van der Waals surface area contributed by atoms with E-state index in [9.17, 15) is 4.79 Å². The average molecular weight is 296 g/mol. The Morgan fingerprint density at radius 1 is 1.09 bits per heavy atom. The summed E-state index contributed by atoms with van der Waals surface area (Å²) in [5.41, 5.74) is 2.33. The van der Waals surface area contributed by atoms with Gasteiger partial charge in [-0.1, -0.05) is 18.2 Å². The van der Waals surface area contributed by atoms with Gasteiger partial charge in [-0.2, -0.15) is 0 Å². The highest BCUT2D eigenvalue weighted by atomic mass is 16.5. The van der Waals surface area contributed by atoms with Crippen LogP contribution in [0.4, 0.5) is 0 Å². The van der Waals surface area contributed by atoms with Gasteiger partial charge in [-0.15, -0.1) is 0 Å². The van der Waals surface area contributed by atoms with Crippen LogP contribution in [0, 0.1) is 0 Å². The monoisotopic (exact) mass is 296 g/mol. The van der Waals surface area contributed by atoms with E-state index in [-0.39, 0.29) is 5.97 Å². The van der Waals surface area contributed by atoms with Crippen LogP contribution in [0.1, 0.15) is 22.8 Å². The number of carbonyl (C=O) groups excluding carboxylic acids is 1. The second-order valence-electron chi connectivity index (χ2n) is 4.79. The third kappa shape index (κ3) is 2.96. The molecule has 1 aromatic heterocycles. The molecule has 3 rings (SSSR count). The first-order chi connectivity index (χ1) is 10.8. The summed E-state index contributed by atoms with van der Waals surface area (Å²) in [7, 11) is 0. The van der Waals surface area contributed by atoms with Crippen molar-refractivity contribution in [2.24, 2.45) is 0 Å². The van der Waals surface area contributed by atoms with Crippen molar-refractivity contribution in [2.45, 2.75) is 13.5 Å². The van der Waals surface area contributed by atoms with Crippen LogP contribution < -0.4 is 4.74 Å². The molecule has 0 N–H and O–H groups in total. The Labute approximate surface area is 128 Å². The highest BCUT2D eigenvalue weighted by Crippen LogP contribution is 2.27. The molecule has 0 bridgehead atoms. The molecule has 0 aliphatic rings. The van der Waals surface area contributed by atoms with Gasteiger partial charge in [0.2, 0.25) is 0 Å². The molecular formula is C18H16O4. The highest BCUT2D eigenvalue weighted by Gasteiger charge is 2.07. The number of carbonyl (C=O) groups is 1. The molecular weight excluding hydrogens is 280 g/mol. The van der Waals surface area contributed by atoms with E-state index in [1.807, 2.05) is 36.4 Å². The minimum Gasteiger partial charge on any atom is -0.488 e. The maximum atomic E-state index is 11.6. The van der Waals surface area contributed by atoms with Gasteiger partial charge in [0.25, 0.3) is 0 Å². The van der Waals surface area contributed by atoms with Crippen LogP contribution >= 0.6 is 0 Å². The van der Waals surface area contributed by atoms with Gasteiger partial charge >= 0.3 is 5.97 Å². The molecule has 4 nitrogen and oxygen atoms in total. The Kier molecular flexibility index (Phi) is 4.10. The summed E-state index contributed by atoms with van der Waals surface area (Å²) < 4.78 is 16.1. The van der Waals surface area contributed by atoms with Crippen molar-refractivity contribution in [1.29, 1.82) is 0 Å². The SMILES string of the molecule is CCOC(=O)c1ccc(COc2cccc3occc23)cc1. The van der Waals surface area contributed by atoms with E-state index >= 15 is 0 Å². The minimum atomic E-state index is -0.307. The average Bonchev–Trinajstić information content (AvgIpc) is 3.03. The molecule has 0 saturated heterocycles. The zero-order valence-electron chi connectivity index (χ0n) is 12.2. The highest BCUT2D eigenvalue weighted by molar-refractivity contribution is 5.89. The molecule has 112 valence electrons. The van der Waals surface area contributed by atoms with Crippen molar-refractivity contribution >= 4 is 16.9 Å². The van der Waals surface area contributed by atoms with E-state index < -0.39 is 0 Å². The summed E-state index contributed by atoms with van der Waals surface area (Å²) in [5, 5.41) is 0.950. The summed E-state index contributed by atoms with van der Waals surface area (Å²) in [6, 6.07) is 14.8. The van der Waals surface area contributed by atoms with Gasteiger partial charge < -0.3 is 13.9 Å². The lowest BCUT2D eigenvalue weighted by Crippen LogP contribution is -2.04. The Morgan fingerprint density at radius 3 is 2.68 bits per heavy atom. The van der Waals surface area contributed by atoms with Crippen molar-refractivity contribution < 1.29 is 18.7 Å². The van der Waals surface area contributed by atoms with E-state index in [1.165, 1.54) is 0 Å². The fourth-order valence-electron chi connectivity index (χ4n) is 2.20. The van der Waals surface area contributed by atoms with E-state index in [0.29, 0.717) is 18.8 Å². The fourth-order valence-corrected chi connectivity index (χ4v) is 2.20. The smallest absolute Gasteiger partial charge is 0.338 e. The van der Waals surface area contributed by atoms with Crippen molar-refractivity contribution in [3.8, 4) is 5.75 Å². The molecule has 0 unspecified atom stereocenters. The van der Waals surface area contributed by atoms with Crippen LogP contribution in [0.3, 0.4) is 0 Å². The predicted octanol–water partition coefficient (Wildman–Crippen LogP) is 4.19. The molecule has 22 heavy (non-hydrogen) atoms. The normalized spacial score (nSPS) is 10.6. The van der Waals surface area contributed by atoms with Crippen LogP contribution in [0.25, 0.3) is 11.0 Å². The first kappa shape index (κ1) is 14.2. The fraction of sp³-hybridized carbons (Fsp3) is 0.167. The van der Waals surface area contributed by atoms with E-state index in [0.717, 1.165) is 22.3 Å². The molecule has 0 aliphatic carbocycles. The van der Waals surface area contributed by atoms with Crippen molar-refractivity contribution in [1.82, 2.24) is 0 Å². The number of hydrogen-bond donors (Lipinski definition) is 0. The summed E-state index contributed by atoms with van der Waals surface area (Å²) in [6.45, 7) is 2.59. The van der Waals surface area contributed by atoms with Gasteiger partial charge in [0, 0.05) is 0 Å². The van der Waals surface area contributed by atoms with E-state index in [1.54, 1.807) is 25.3 Å². The second-order valence-corrected chi connectivity index (χ2v) is 4.79. The van der Waals surface area contributed by atoms with Crippen molar-refractivity contribution in [3.05, 3.63) is 65.9 Å². The van der Waals surface area contributed by atoms with Gasteiger partial charge in [-0.3, -0.25) is 0 Å². The number of furan rings is 1. The topological polar surface area (TPSA) is 48.7 Å². The maximum Gasteiger partial charge on any atom is 0.338 e. The summed E-state index contributed by atoms with van der Waals surface area (Å²) in [4.78, 5) is 11.6. The zero-order valence-corrected chi connectivity index (χ0v) is 12.2. The van der Waals surface area contributed by atoms with Crippen LogP contribution in [-0.4, -0.2) is 12.6 Å². The lowest BCUT2D eigenvalue weighted by molar-refractivity contribution is 0.0526. The van der Waals surface area contributed by atoms with E-state index in [4.69, 9.17) is 13.9 Å². The molecule has 4 heteroatoms. The Balaban J connectivity index is 1.69. The van der Waals surface area contributed by atoms with E-state index in [2.05, 4.69) is 0 Å². The number of benzene rings is 2. The zero-order chi connectivity index (χ0) is 15.4. The number of hydrogen-bond acceptors (Lipinski definition) is 4. The van der Waals surface area contributed by atoms with Gasteiger partial charge in [-0.05, 0) is 42.8 Å². The Hall–Kier alpha value is -2.75. The molecule has 0 spiro atoms. The maximum absolute atomic E-state index is 11.6. The van der Waals surface area contributed by atoms with Crippen LogP contribution in [-0.2, 0) is 11.3 Å². The lowest BCUT2D eigenvalue weighted by Gasteiger charge is -2.08. The molecule has 0 amide bonds. The standard InChI is InChI=1S/C18H16O4/c1-2-20-18(19)14-8-6-13(7-9-14)12-22-17-5-3-4-16-15(17)10-11-21-16/h3-11H,2,12H2,1H3. The third-order valence-corrected chi connectivity index (χ3v) is 3.32. The van der Waals surface area contributed by atoms with Crippen molar-refractivity contribution in [2.75, 3.05) is 6.61 Å². The van der Waals surface area contributed by atoms with Gasteiger partial charge in [-0.25, -0.2) is 4.79 Å². The summed E-state index contributed by atoms with van der Waals surface area (Å²) >= 11 is 0. The largest absolute Gasteiger partial charge is 0.488 e. The third-order valence-electron chi connectivity index (χ3n) is 3.32. The Bertz CT molecular complexity index is 771. The van der Waals surface area contributed by atoms with Gasteiger partial charge in [0.15, 0.2) is 0 Å². The van der Waals surface area contributed by atoms with Gasteiger partial charge in [0.1, 0.15) is 17.9 Å². The summed E-state index contributed by atoms with van der Waals surface area (Å²) in [6.07, 6.45) is 1.64. The summed E-state index contributed by atoms with van der Waals surface area (Å²) in [5.74, 6) is 0.471. The minimum absolute atomic E-state index is 0.307. The molecule has 0 atom stereocenters. The molecule has 1 heterocycles. The first-order valence-electron chi connectivity index (χ1n) is 7.13. The van der Waals surface area contributed by atoms with Crippen LogP contribution in [0.2, 0.25) is 0 Å². The quantitative estimate of drug-likeness (QED) is 0.662. The molecule has 2 aromatic carbocycles. The lowest BCUT2D eigenvalue weighted by atomic mass is 10.1. The predicted molar refractivity (Wildman–Crippen MR) is 82.9 cm³/mol. The number of fused-ring (bicyclic) bond motifs is 1. The Morgan fingerprint density at radius 2 is 1.91 bits per heavy atom. The molecule has 0 radical (unpaired) electrons. The van der Waals surface area contributed by atoms with Crippen LogP contribution in [0.5, 0.6) is 5.75 Å². The first-order valence-corrected chi connectivity index (χ1v) is 7.13. The number of esters is 1. The van der Waals surface area contributed by atoms with Gasteiger partial charge in [0.05, 0.1) is 23.8 Å². The number of rotatable bonds is 5. The number of ether oxygens (including phenoxy) is 2. The molecule has 3 aromatic rings. The second kappa shape index (κ2) is 6.35. The molecule has 0 saturated carbocycles.